The fourth-order valence-electron chi connectivity index (χ4n) is 1.02. The molecule has 0 aromatic carbocycles. The van der Waals surface area contributed by atoms with Crippen LogP contribution in [0.3, 0.4) is 0 Å². The Morgan fingerprint density at radius 2 is 1.76 bits per heavy atom. The summed E-state index contributed by atoms with van der Waals surface area (Å²) >= 11 is 0. The second-order valence-corrected chi connectivity index (χ2v) is 4.66. The second kappa shape index (κ2) is 13.1. The van der Waals surface area contributed by atoms with E-state index in [0.717, 1.165) is 0 Å². The summed E-state index contributed by atoms with van der Waals surface area (Å²) in [6, 6.07) is 1.99. The molecule has 0 aliphatic rings. The molecule has 0 amide bonds. The third kappa shape index (κ3) is 14.3. The van der Waals surface area contributed by atoms with Gasteiger partial charge in [-0.15, -0.1) is 5.11 Å². The fourth-order valence-corrected chi connectivity index (χ4v) is 1.02. The van der Waals surface area contributed by atoms with Gasteiger partial charge in [0.05, 0.1) is 11.8 Å². The average molecular weight is 294 g/mol. The summed E-state index contributed by atoms with van der Waals surface area (Å²) in [6.07, 6.45) is 1.86. The van der Waals surface area contributed by atoms with E-state index in [1.807, 2.05) is 33.8 Å². The summed E-state index contributed by atoms with van der Waals surface area (Å²) in [6.45, 7) is 20.9. The molecule has 0 atom stereocenters. The normalized spacial score (nSPS) is 9.76. The van der Waals surface area contributed by atoms with Gasteiger partial charge in [0, 0.05) is 11.9 Å². The molecule has 0 saturated heterocycles. The topological polar surface area (TPSA) is 62.6 Å². The Morgan fingerprint density at radius 1 is 1.19 bits per heavy atom. The number of rotatable bonds is 5. The van der Waals surface area contributed by atoms with Gasteiger partial charge in [0.2, 0.25) is 5.88 Å². The molecule has 1 aromatic heterocycles. The smallest absolute Gasteiger partial charge is 0.226 e. The number of hydrogen-bond acceptors (Lipinski definition) is 4. The lowest BCUT2D eigenvalue weighted by Gasteiger charge is -2.06. The van der Waals surface area contributed by atoms with Crippen molar-refractivity contribution in [1.82, 2.24) is 10.2 Å². The Kier molecular flexibility index (Phi) is 13.3. The van der Waals surface area contributed by atoms with Gasteiger partial charge in [-0.2, -0.15) is 10.2 Å². The van der Waals surface area contributed by atoms with Gasteiger partial charge in [-0.1, -0.05) is 34.3 Å². The molecule has 1 N–H and O–H groups in total. The van der Waals surface area contributed by atoms with Crippen LogP contribution in [0.4, 0.5) is 0 Å². The molecule has 0 spiro atoms. The third-order valence-corrected chi connectivity index (χ3v) is 1.85. The van der Waals surface area contributed by atoms with Gasteiger partial charge in [-0.05, 0) is 39.3 Å². The minimum Gasteiger partial charge on any atom is -0.474 e. The van der Waals surface area contributed by atoms with E-state index in [4.69, 9.17) is 4.74 Å². The van der Waals surface area contributed by atoms with Crippen LogP contribution >= 0.6 is 0 Å². The Balaban J connectivity index is 0. The van der Waals surface area contributed by atoms with Crippen molar-refractivity contribution in [3.63, 3.8) is 0 Å². The summed E-state index contributed by atoms with van der Waals surface area (Å²) in [4.78, 5) is 0. The van der Waals surface area contributed by atoms with Crippen LogP contribution in [0.25, 0.3) is 0 Å². The molecule has 0 saturated carbocycles. The number of azo groups is 1. The lowest BCUT2D eigenvalue weighted by Crippen LogP contribution is -1.99. The monoisotopic (exact) mass is 294 g/mol. The molecule has 0 aliphatic heterocycles. The minimum atomic E-state index is 0.0894. The first kappa shape index (κ1) is 21.4. The van der Waals surface area contributed by atoms with Crippen LogP contribution in [0.2, 0.25) is 0 Å². The quantitative estimate of drug-likeness (QED) is 0.581. The Hall–Kier alpha value is -1.91. The van der Waals surface area contributed by atoms with Gasteiger partial charge in [0.1, 0.15) is 0 Å². The van der Waals surface area contributed by atoms with Gasteiger partial charge in [-0.25, -0.2) is 0 Å². The molecule has 5 nitrogen and oxygen atoms in total. The molecule has 21 heavy (non-hydrogen) atoms. The average Bonchev–Trinajstić information content (AvgIpc) is 2.93. The van der Waals surface area contributed by atoms with Crippen LogP contribution in [-0.4, -0.2) is 16.3 Å². The zero-order valence-corrected chi connectivity index (χ0v) is 14.5. The highest BCUT2D eigenvalue weighted by Gasteiger charge is 1.96. The van der Waals surface area contributed by atoms with E-state index in [-0.39, 0.29) is 6.10 Å². The molecule has 0 unspecified atom stereocenters. The first-order chi connectivity index (χ1) is 9.82. The van der Waals surface area contributed by atoms with E-state index in [0.29, 0.717) is 17.5 Å². The van der Waals surface area contributed by atoms with Crippen LogP contribution < -0.4 is 0 Å². The highest BCUT2D eigenvalue weighted by molar-refractivity contribution is 5.01. The van der Waals surface area contributed by atoms with E-state index in [1.54, 1.807) is 13.1 Å². The zero-order valence-electron chi connectivity index (χ0n) is 14.5. The molecular formula is C16H30N4O. The number of nitrogens with one attached hydrogen (secondary N) is 1. The molecule has 0 bridgehead atoms. The summed E-state index contributed by atoms with van der Waals surface area (Å²) in [7, 11) is 0. The summed E-state index contributed by atoms with van der Waals surface area (Å²) < 4.78 is 5.10. The van der Waals surface area contributed by atoms with Crippen molar-refractivity contribution in [1.29, 1.82) is 0 Å². The number of H-pyrrole nitrogens is 1. The van der Waals surface area contributed by atoms with Crippen LogP contribution in [0.1, 0.15) is 60.1 Å². The lowest BCUT2D eigenvalue weighted by molar-refractivity contribution is 0.145. The van der Waals surface area contributed by atoms with Gasteiger partial charge < -0.3 is 4.74 Å². The lowest BCUT2D eigenvalue weighted by atomic mass is 10.1. The first-order valence-corrected chi connectivity index (χ1v) is 7.25. The van der Waals surface area contributed by atoms with E-state index in [9.17, 15) is 0 Å². The molecule has 1 rings (SSSR count). The number of nitrogens with zero attached hydrogens (tertiary/aromatic N) is 3. The van der Waals surface area contributed by atoms with Gasteiger partial charge in [0.15, 0.2) is 0 Å². The Bertz CT molecular complexity index is 406. The predicted octanol–water partition coefficient (Wildman–Crippen LogP) is 5.43. The van der Waals surface area contributed by atoms with Crippen LogP contribution in [0.5, 0.6) is 0 Å². The second-order valence-electron chi connectivity index (χ2n) is 4.66. The molecule has 0 radical (unpaired) electrons. The van der Waals surface area contributed by atoms with Crippen molar-refractivity contribution in [2.45, 2.75) is 60.5 Å². The number of aromatic nitrogens is 2. The molecular weight excluding hydrogens is 264 g/mol. The number of ether oxygens (including phenoxy) is 1. The molecule has 0 fully saturated rings. The van der Waals surface area contributed by atoms with Crippen LogP contribution in [0.15, 0.2) is 47.2 Å². The maximum absolute atomic E-state index is 5.10. The third-order valence-electron chi connectivity index (χ3n) is 1.85. The predicted molar refractivity (Wildman–Crippen MR) is 89.1 cm³/mol. The van der Waals surface area contributed by atoms with E-state index in [2.05, 4.69) is 47.4 Å². The van der Waals surface area contributed by atoms with Gasteiger partial charge in [0.25, 0.3) is 0 Å². The number of hydrogen-bond donors (Lipinski definition) is 1. The summed E-state index contributed by atoms with van der Waals surface area (Å²) in [5.41, 5.74) is 1.84. The standard InChI is InChI=1S/C8H14N2O.C6H10N2.C2H6/c1-6(2)9-10-8(5)11-7(3)4;1-5(2)6-3-4-7-8-6;1-2/h7H,1,5H2,2-4H3;3-5H,1-2H3,(H,7,8);1-2H3. The highest BCUT2D eigenvalue weighted by Crippen LogP contribution is 2.07. The molecule has 1 heterocycles. The van der Waals surface area contributed by atoms with Crippen LogP contribution in [0, 0.1) is 0 Å². The molecule has 120 valence electrons. The number of allylic oxidation sites excluding steroid dienone is 1. The molecule has 5 heteroatoms. The maximum Gasteiger partial charge on any atom is 0.226 e. The van der Waals surface area contributed by atoms with Crippen molar-refractivity contribution in [2.75, 3.05) is 0 Å². The summed E-state index contributed by atoms with van der Waals surface area (Å²) in [5, 5.41) is 14.1. The van der Waals surface area contributed by atoms with E-state index >= 15 is 0 Å². The Morgan fingerprint density at radius 3 is 2.05 bits per heavy atom. The van der Waals surface area contributed by atoms with Crippen molar-refractivity contribution < 1.29 is 4.74 Å². The zero-order chi connectivity index (χ0) is 16.8. The van der Waals surface area contributed by atoms with Crippen molar-refractivity contribution >= 4 is 0 Å². The largest absolute Gasteiger partial charge is 0.474 e. The van der Waals surface area contributed by atoms with Gasteiger partial charge in [-0.3, -0.25) is 5.10 Å². The van der Waals surface area contributed by atoms with E-state index < -0.39 is 0 Å². The van der Waals surface area contributed by atoms with Gasteiger partial charge >= 0.3 is 0 Å². The van der Waals surface area contributed by atoms with Crippen molar-refractivity contribution in [3.05, 3.63) is 42.7 Å². The highest BCUT2D eigenvalue weighted by atomic mass is 16.5. The summed E-state index contributed by atoms with van der Waals surface area (Å²) in [5.74, 6) is 0.889. The van der Waals surface area contributed by atoms with Crippen molar-refractivity contribution in [3.8, 4) is 0 Å². The van der Waals surface area contributed by atoms with E-state index in [1.165, 1.54) is 5.69 Å². The molecule has 1 aromatic rings. The maximum atomic E-state index is 5.10. The van der Waals surface area contributed by atoms with Crippen molar-refractivity contribution in [2.24, 2.45) is 10.2 Å². The van der Waals surface area contributed by atoms with Crippen LogP contribution in [-0.2, 0) is 4.74 Å². The first-order valence-electron chi connectivity index (χ1n) is 7.25. The minimum absolute atomic E-state index is 0.0894. The Labute approximate surface area is 129 Å². The number of aromatic amines is 1. The molecule has 0 aliphatic carbocycles. The fraction of sp³-hybridized carbons (Fsp3) is 0.562. The SMILES string of the molecule is C=C(C)N=NC(=C)OC(C)C.CC.CC(C)c1ccn[nH]1.